The lowest BCUT2D eigenvalue weighted by Gasteiger charge is -2.01. The fourth-order valence-corrected chi connectivity index (χ4v) is 1.08. The van der Waals surface area contributed by atoms with Gasteiger partial charge in [0.2, 0.25) is 0 Å². The molecule has 1 aromatic carbocycles. The Morgan fingerprint density at radius 2 is 2.07 bits per heavy atom. The van der Waals surface area contributed by atoms with Crippen molar-refractivity contribution in [1.29, 1.82) is 0 Å². The molecule has 1 aromatic rings. The van der Waals surface area contributed by atoms with Crippen LogP contribution in [0, 0.1) is 0 Å². The Labute approximate surface area is 84.2 Å². The molecule has 0 spiro atoms. The highest BCUT2D eigenvalue weighted by molar-refractivity contribution is 5.97. The molecule has 0 aliphatic heterocycles. The van der Waals surface area contributed by atoms with Gasteiger partial charge in [-0.3, -0.25) is 4.79 Å². The van der Waals surface area contributed by atoms with E-state index >= 15 is 0 Å². The number of allylic oxidation sites excluding steroid dienone is 1. The summed E-state index contributed by atoms with van der Waals surface area (Å²) in [5, 5.41) is 0. The quantitative estimate of drug-likeness (QED) is 0.685. The summed E-state index contributed by atoms with van der Waals surface area (Å²) in [6, 6.07) is 7.61. The Bertz CT molecular complexity index is 364. The molecule has 0 atom stereocenters. The van der Waals surface area contributed by atoms with Gasteiger partial charge in [0.15, 0.2) is 5.78 Å². The molecular weight excluding hydrogens is 176 g/mol. The van der Waals surface area contributed by atoms with Crippen LogP contribution in [-0.4, -0.2) is 12.9 Å². The van der Waals surface area contributed by atoms with Crippen LogP contribution in [0.5, 0.6) is 5.75 Å². The zero-order chi connectivity index (χ0) is 10.6. The minimum Gasteiger partial charge on any atom is -0.497 e. The fraction of sp³-hybridized carbons (Fsp3) is 0.250. The van der Waals surface area contributed by atoms with Gasteiger partial charge < -0.3 is 4.74 Å². The van der Waals surface area contributed by atoms with E-state index in [1.807, 2.05) is 37.3 Å². The highest BCUT2D eigenvalue weighted by atomic mass is 16.5. The van der Waals surface area contributed by atoms with Crippen LogP contribution in [0.4, 0.5) is 0 Å². The average Bonchev–Trinajstić information content (AvgIpc) is 2.18. The van der Waals surface area contributed by atoms with Gasteiger partial charge in [0, 0.05) is 0 Å². The van der Waals surface area contributed by atoms with Crippen molar-refractivity contribution in [2.75, 3.05) is 7.11 Å². The predicted molar refractivity (Wildman–Crippen MR) is 57.3 cm³/mol. The van der Waals surface area contributed by atoms with Crippen molar-refractivity contribution in [3.8, 4) is 5.75 Å². The van der Waals surface area contributed by atoms with E-state index in [-0.39, 0.29) is 5.78 Å². The van der Waals surface area contributed by atoms with E-state index in [0.29, 0.717) is 0 Å². The number of ether oxygens (including phenoxy) is 1. The SMILES string of the molecule is COc1cccc(/C=C(/C)C(C)=O)c1. The van der Waals surface area contributed by atoms with Gasteiger partial charge in [0.05, 0.1) is 7.11 Å². The van der Waals surface area contributed by atoms with Crippen LogP contribution in [0.1, 0.15) is 19.4 Å². The van der Waals surface area contributed by atoms with Crippen molar-refractivity contribution in [3.05, 3.63) is 35.4 Å². The average molecular weight is 190 g/mol. The van der Waals surface area contributed by atoms with Crippen LogP contribution in [0.25, 0.3) is 6.08 Å². The third-order valence-corrected chi connectivity index (χ3v) is 2.03. The van der Waals surface area contributed by atoms with Crippen molar-refractivity contribution < 1.29 is 9.53 Å². The van der Waals surface area contributed by atoms with Crippen molar-refractivity contribution in [2.45, 2.75) is 13.8 Å². The molecule has 0 radical (unpaired) electrons. The number of carbonyl (C=O) groups is 1. The Hall–Kier alpha value is -1.57. The van der Waals surface area contributed by atoms with Crippen LogP contribution >= 0.6 is 0 Å². The third kappa shape index (κ3) is 2.73. The standard InChI is InChI=1S/C12H14O2/c1-9(10(2)13)7-11-5-4-6-12(8-11)14-3/h4-8H,1-3H3/b9-7-. The van der Waals surface area contributed by atoms with E-state index in [4.69, 9.17) is 4.74 Å². The number of benzene rings is 1. The predicted octanol–water partition coefficient (Wildman–Crippen LogP) is 2.69. The first-order chi connectivity index (χ1) is 6.63. The van der Waals surface area contributed by atoms with Gasteiger partial charge in [-0.05, 0) is 43.2 Å². The van der Waals surface area contributed by atoms with E-state index in [0.717, 1.165) is 16.9 Å². The van der Waals surface area contributed by atoms with Gasteiger partial charge in [-0.2, -0.15) is 0 Å². The van der Waals surface area contributed by atoms with E-state index < -0.39 is 0 Å². The van der Waals surface area contributed by atoms with Crippen molar-refractivity contribution in [2.24, 2.45) is 0 Å². The van der Waals surface area contributed by atoms with Crippen LogP contribution in [0.15, 0.2) is 29.8 Å². The summed E-state index contributed by atoms with van der Waals surface area (Å²) in [6.45, 7) is 3.37. The maximum atomic E-state index is 11.0. The number of carbonyl (C=O) groups excluding carboxylic acids is 1. The highest BCUT2D eigenvalue weighted by Gasteiger charge is 1.97. The van der Waals surface area contributed by atoms with E-state index in [9.17, 15) is 4.79 Å². The molecule has 1 rings (SSSR count). The smallest absolute Gasteiger partial charge is 0.155 e. The highest BCUT2D eigenvalue weighted by Crippen LogP contribution is 2.15. The van der Waals surface area contributed by atoms with Crippen LogP contribution in [0.3, 0.4) is 0 Å². The lowest BCUT2D eigenvalue weighted by molar-refractivity contribution is -0.113. The first-order valence-corrected chi connectivity index (χ1v) is 4.47. The first-order valence-electron chi connectivity index (χ1n) is 4.47. The van der Waals surface area contributed by atoms with Crippen LogP contribution < -0.4 is 4.74 Å². The number of ketones is 1. The molecule has 0 unspecified atom stereocenters. The molecule has 0 N–H and O–H groups in total. The maximum absolute atomic E-state index is 11.0. The van der Waals surface area contributed by atoms with Gasteiger partial charge in [-0.25, -0.2) is 0 Å². The zero-order valence-electron chi connectivity index (χ0n) is 8.70. The van der Waals surface area contributed by atoms with Gasteiger partial charge in [-0.15, -0.1) is 0 Å². The third-order valence-electron chi connectivity index (χ3n) is 2.03. The molecule has 0 fully saturated rings. The number of hydrogen-bond donors (Lipinski definition) is 0. The van der Waals surface area contributed by atoms with E-state index in [1.54, 1.807) is 14.0 Å². The lowest BCUT2D eigenvalue weighted by Crippen LogP contribution is -1.91. The summed E-state index contributed by atoms with van der Waals surface area (Å²) in [7, 11) is 1.63. The molecule has 0 bridgehead atoms. The van der Waals surface area contributed by atoms with Gasteiger partial charge >= 0.3 is 0 Å². The number of hydrogen-bond acceptors (Lipinski definition) is 2. The molecule has 0 saturated heterocycles. The number of methoxy groups -OCH3 is 1. The molecule has 0 saturated carbocycles. The van der Waals surface area contributed by atoms with E-state index in [1.165, 1.54) is 0 Å². The molecular formula is C12H14O2. The minimum atomic E-state index is 0.0906. The summed E-state index contributed by atoms with van der Waals surface area (Å²) < 4.78 is 5.08. The van der Waals surface area contributed by atoms with Crippen molar-refractivity contribution in [3.63, 3.8) is 0 Å². The number of rotatable bonds is 3. The monoisotopic (exact) mass is 190 g/mol. The molecule has 0 heterocycles. The molecule has 0 aliphatic rings. The summed E-state index contributed by atoms with van der Waals surface area (Å²) in [4.78, 5) is 11.0. The first kappa shape index (κ1) is 10.5. The second-order valence-corrected chi connectivity index (χ2v) is 3.16. The molecule has 2 nitrogen and oxygen atoms in total. The Morgan fingerprint density at radius 3 is 2.64 bits per heavy atom. The summed E-state index contributed by atoms with van der Waals surface area (Å²) >= 11 is 0. The molecule has 74 valence electrons. The largest absolute Gasteiger partial charge is 0.497 e. The minimum absolute atomic E-state index is 0.0906. The lowest BCUT2D eigenvalue weighted by atomic mass is 10.1. The molecule has 0 aliphatic carbocycles. The Morgan fingerprint density at radius 1 is 1.36 bits per heavy atom. The summed E-state index contributed by atoms with van der Waals surface area (Å²) in [5.74, 6) is 0.892. The van der Waals surface area contributed by atoms with Crippen molar-refractivity contribution in [1.82, 2.24) is 0 Å². The van der Waals surface area contributed by atoms with Crippen LogP contribution in [0.2, 0.25) is 0 Å². The van der Waals surface area contributed by atoms with Gasteiger partial charge in [0.25, 0.3) is 0 Å². The fourth-order valence-electron chi connectivity index (χ4n) is 1.08. The molecule has 0 aromatic heterocycles. The topological polar surface area (TPSA) is 26.3 Å². The molecule has 14 heavy (non-hydrogen) atoms. The van der Waals surface area contributed by atoms with E-state index in [2.05, 4.69) is 0 Å². The maximum Gasteiger partial charge on any atom is 0.155 e. The normalized spacial score (nSPS) is 11.2. The van der Waals surface area contributed by atoms with Crippen LogP contribution in [-0.2, 0) is 4.79 Å². The van der Waals surface area contributed by atoms with Crippen molar-refractivity contribution >= 4 is 11.9 Å². The zero-order valence-corrected chi connectivity index (χ0v) is 8.70. The Balaban J connectivity index is 2.97. The summed E-state index contributed by atoms with van der Waals surface area (Å²) in [6.07, 6.45) is 1.85. The number of Topliss-reactive ketones (excluding diaryl/α,β-unsaturated/α-hetero) is 1. The van der Waals surface area contributed by atoms with Gasteiger partial charge in [-0.1, -0.05) is 12.1 Å². The Kier molecular flexibility index (Phi) is 3.46. The summed E-state index contributed by atoms with van der Waals surface area (Å²) in [5.41, 5.74) is 1.73. The van der Waals surface area contributed by atoms with Gasteiger partial charge in [0.1, 0.15) is 5.75 Å². The second-order valence-electron chi connectivity index (χ2n) is 3.16. The molecule has 2 heteroatoms. The second kappa shape index (κ2) is 4.61. The molecule has 0 amide bonds.